The Balaban J connectivity index is 1.26. The Kier molecular flexibility index (Phi) is 9.50. The van der Waals surface area contributed by atoms with Crippen LogP contribution < -0.4 is 14.8 Å². The van der Waals surface area contributed by atoms with E-state index in [1.54, 1.807) is 14.2 Å². The highest BCUT2D eigenvalue weighted by atomic mass is 32.2. The smallest absolute Gasteiger partial charge is 0.407 e. The largest absolute Gasteiger partial charge is 0.497 e. The van der Waals surface area contributed by atoms with Crippen LogP contribution in [0.15, 0.2) is 127 Å². The van der Waals surface area contributed by atoms with Gasteiger partial charge in [-0.05, 0) is 63.2 Å². The third kappa shape index (κ3) is 6.42. The van der Waals surface area contributed by atoms with Crippen molar-refractivity contribution in [3.63, 3.8) is 0 Å². The highest BCUT2D eigenvalue weighted by Gasteiger charge is 2.39. The molecular formula is C39H35NO6S. The number of rotatable bonds is 12. The Hall–Kier alpha value is -5.21. The molecule has 0 aliphatic heterocycles. The Morgan fingerprint density at radius 1 is 0.702 bits per heavy atom. The number of fused-ring (bicyclic) bond motifs is 3. The minimum atomic E-state index is -1.23. The summed E-state index contributed by atoms with van der Waals surface area (Å²) in [7, 11) is 3.23. The number of thioether (sulfide) groups is 1. The molecule has 0 fully saturated rings. The van der Waals surface area contributed by atoms with Gasteiger partial charge in [-0.3, -0.25) is 0 Å². The van der Waals surface area contributed by atoms with Crippen molar-refractivity contribution in [3.05, 3.63) is 155 Å². The molecular weight excluding hydrogens is 610 g/mol. The second-order valence-electron chi connectivity index (χ2n) is 11.2. The van der Waals surface area contributed by atoms with Crippen molar-refractivity contribution < 1.29 is 28.9 Å². The van der Waals surface area contributed by atoms with Crippen molar-refractivity contribution >= 4 is 23.8 Å². The first kappa shape index (κ1) is 31.8. The molecule has 8 heteroatoms. The fourth-order valence-corrected chi connectivity index (χ4v) is 7.79. The molecule has 0 saturated carbocycles. The number of carboxylic acids is 1. The first-order chi connectivity index (χ1) is 22.9. The van der Waals surface area contributed by atoms with Gasteiger partial charge in [-0.1, -0.05) is 103 Å². The number of hydrogen-bond donors (Lipinski definition) is 2. The van der Waals surface area contributed by atoms with Crippen LogP contribution in [0.3, 0.4) is 0 Å². The standard InChI is InChI=1S/C39H35NO6S/c1-44-29-20-16-27(17-21-29)39(26-10-4-3-5-11-26,28-18-22-30(45-2)23-19-28)47-25-36(37(41)42)40-38(43)46-24-35-33-14-8-6-12-31(33)32-13-7-9-15-34(32)35/h3-23,35-36H,24-25H2,1-2H3,(H,40,43)(H,41,42)/t36-/m1/s1. The fraction of sp³-hybridized carbons (Fsp3) is 0.179. The summed E-state index contributed by atoms with van der Waals surface area (Å²) in [4.78, 5) is 25.8. The van der Waals surface area contributed by atoms with Gasteiger partial charge in [0.05, 0.1) is 19.0 Å². The third-order valence-corrected chi connectivity index (χ3v) is 10.2. The van der Waals surface area contributed by atoms with Gasteiger partial charge in [-0.15, -0.1) is 11.8 Å². The summed E-state index contributed by atoms with van der Waals surface area (Å²) in [6.07, 6.45) is -0.779. The molecule has 0 spiro atoms. The van der Waals surface area contributed by atoms with Crippen molar-refractivity contribution in [3.8, 4) is 22.6 Å². The number of hydrogen-bond acceptors (Lipinski definition) is 6. The van der Waals surface area contributed by atoms with E-state index in [2.05, 4.69) is 17.4 Å². The topological polar surface area (TPSA) is 94.1 Å². The molecule has 0 saturated heterocycles. The van der Waals surface area contributed by atoms with E-state index in [0.717, 1.165) is 38.9 Å². The van der Waals surface area contributed by atoms with Gasteiger partial charge in [0.25, 0.3) is 0 Å². The van der Waals surface area contributed by atoms with E-state index in [1.165, 1.54) is 11.8 Å². The number of carboxylic acid groups (broad SMARTS) is 1. The highest BCUT2D eigenvalue weighted by Crippen LogP contribution is 2.49. The average Bonchev–Trinajstić information content (AvgIpc) is 3.44. The van der Waals surface area contributed by atoms with Gasteiger partial charge in [0.15, 0.2) is 0 Å². The van der Waals surface area contributed by atoms with Crippen molar-refractivity contribution in [1.29, 1.82) is 0 Å². The van der Waals surface area contributed by atoms with E-state index in [4.69, 9.17) is 14.2 Å². The normalized spacial score (nSPS) is 12.8. The second kappa shape index (κ2) is 14.1. The predicted molar refractivity (Wildman–Crippen MR) is 184 cm³/mol. The van der Waals surface area contributed by atoms with E-state index in [0.29, 0.717) is 11.5 Å². The summed E-state index contributed by atoms with van der Waals surface area (Å²) in [5.74, 6) is 0.164. The molecule has 0 unspecified atom stereocenters. The molecule has 0 heterocycles. The minimum Gasteiger partial charge on any atom is -0.497 e. The van der Waals surface area contributed by atoms with Gasteiger partial charge < -0.3 is 24.6 Å². The molecule has 1 aliphatic carbocycles. The molecule has 7 nitrogen and oxygen atoms in total. The number of benzene rings is 5. The van der Waals surface area contributed by atoms with Crippen LogP contribution in [0, 0.1) is 0 Å². The summed E-state index contributed by atoms with van der Waals surface area (Å²) in [5.41, 5.74) is 7.19. The molecule has 1 atom stereocenters. The summed E-state index contributed by atoms with van der Waals surface area (Å²) in [6.45, 7) is 0.0883. The van der Waals surface area contributed by atoms with E-state index in [-0.39, 0.29) is 18.3 Å². The number of amides is 1. The average molecular weight is 646 g/mol. The number of carbonyl (C=O) groups is 2. The lowest BCUT2D eigenvalue weighted by Gasteiger charge is -2.36. The van der Waals surface area contributed by atoms with Crippen LogP contribution in [0.4, 0.5) is 4.79 Å². The number of aliphatic carboxylic acids is 1. The van der Waals surface area contributed by atoms with Crippen LogP contribution in [0.2, 0.25) is 0 Å². The Morgan fingerprint density at radius 3 is 1.66 bits per heavy atom. The van der Waals surface area contributed by atoms with E-state index in [9.17, 15) is 14.7 Å². The summed E-state index contributed by atoms with van der Waals surface area (Å²) in [5, 5.41) is 12.9. The maximum atomic E-state index is 13.2. The van der Waals surface area contributed by atoms with Crippen LogP contribution in [-0.2, 0) is 14.3 Å². The van der Waals surface area contributed by atoms with Crippen LogP contribution in [-0.4, -0.2) is 49.8 Å². The quantitative estimate of drug-likeness (QED) is 0.134. The van der Waals surface area contributed by atoms with Gasteiger partial charge in [0, 0.05) is 11.7 Å². The van der Waals surface area contributed by atoms with Gasteiger partial charge in [-0.25, -0.2) is 9.59 Å². The lowest BCUT2D eigenvalue weighted by Crippen LogP contribution is -2.44. The number of nitrogens with one attached hydrogen (secondary N) is 1. The summed E-state index contributed by atoms with van der Waals surface area (Å²) >= 11 is 1.43. The Labute approximate surface area is 278 Å². The number of ether oxygens (including phenoxy) is 3. The number of alkyl carbamates (subject to hydrolysis) is 1. The second-order valence-corrected chi connectivity index (χ2v) is 12.4. The predicted octanol–water partition coefficient (Wildman–Crippen LogP) is 7.72. The molecule has 5 aromatic rings. The van der Waals surface area contributed by atoms with E-state index < -0.39 is 22.9 Å². The molecule has 0 aromatic heterocycles. The minimum absolute atomic E-state index is 0.0481. The molecule has 6 rings (SSSR count). The SMILES string of the molecule is COc1ccc(C(SC[C@@H](NC(=O)OCC2c3ccccc3-c3ccccc32)C(=O)O)(c2ccccc2)c2ccc(OC)cc2)cc1. The van der Waals surface area contributed by atoms with E-state index in [1.807, 2.05) is 115 Å². The molecule has 1 amide bonds. The zero-order valence-electron chi connectivity index (χ0n) is 26.1. The van der Waals surface area contributed by atoms with Crippen molar-refractivity contribution in [2.24, 2.45) is 0 Å². The van der Waals surface area contributed by atoms with Crippen molar-refractivity contribution in [1.82, 2.24) is 5.32 Å². The molecule has 47 heavy (non-hydrogen) atoms. The summed E-state index contributed by atoms with van der Waals surface area (Å²) in [6, 6.07) is 40.3. The van der Waals surface area contributed by atoms with Gasteiger partial charge in [0.1, 0.15) is 24.1 Å². The molecule has 0 radical (unpaired) electrons. The van der Waals surface area contributed by atoms with Gasteiger partial charge in [0.2, 0.25) is 0 Å². The Morgan fingerprint density at radius 2 is 1.17 bits per heavy atom. The van der Waals surface area contributed by atoms with Crippen LogP contribution in [0.5, 0.6) is 11.5 Å². The van der Waals surface area contributed by atoms with Crippen LogP contribution >= 0.6 is 11.8 Å². The maximum absolute atomic E-state index is 13.2. The van der Waals surface area contributed by atoms with Gasteiger partial charge >= 0.3 is 12.1 Å². The lowest BCUT2D eigenvalue weighted by atomic mass is 9.84. The summed E-state index contributed by atoms with van der Waals surface area (Å²) < 4.78 is 15.7. The Bertz CT molecular complexity index is 1750. The van der Waals surface area contributed by atoms with E-state index >= 15 is 0 Å². The zero-order valence-corrected chi connectivity index (χ0v) is 26.9. The highest BCUT2D eigenvalue weighted by molar-refractivity contribution is 8.00. The molecule has 238 valence electrons. The zero-order chi connectivity index (χ0) is 32.8. The first-order valence-electron chi connectivity index (χ1n) is 15.3. The lowest BCUT2D eigenvalue weighted by molar-refractivity contribution is -0.138. The molecule has 0 bridgehead atoms. The number of carbonyl (C=O) groups excluding carboxylic acids is 1. The van der Waals surface area contributed by atoms with Crippen LogP contribution in [0.25, 0.3) is 11.1 Å². The number of methoxy groups -OCH3 is 2. The maximum Gasteiger partial charge on any atom is 0.407 e. The molecule has 2 N–H and O–H groups in total. The van der Waals surface area contributed by atoms with Crippen LogP contribution in [0.1, 0.15) is 33.7 Å². The fourth-order valence-electron chi connectivity index (χ4n) is 6.24. The first-order valence-corrected chi connectivity index (χ1v) is 16.3. The third-order valence-electron chi connectivity index (χ3n) is 8.57. The van der Waals surface area contributed by atoms with Crippen molar-refractivity contribution in [2.75, 3.05) is 26.6 Å². The van der Waals surface area contributed by atoms with Gasteiger partial charge in [-0.2, -0.15) is 0 Å². The molecule has 1 aliphatic rings. The monoisotopic (exact) mass is 645 g/mol. The van der Waals surface area contributed by atoms with Crippen molar-refractivity contribution in [2.45, 2.75) is 16.7 Å². The molecule has 5 aromatic carbocycles.